The lowest BCUT2D eigenvalue weighted by molar-refractivity contribution is -0.137. The molecule has 1 N–H and O–H groups in total. The Morgan fingerprint density at radius 1 is 1.14 bits per heavy atom. The molecule has 1 aliphatic carbocycles. The summed E-state index contributed by atoms with van der Waals surface area (Å²) in [4.78, 5) is 14.5. The van der Waals surface area contributed by atoms with Crippen LogP contribution in [0.1, 0.15) is 59.8 Å². The number of nitrogens with zero attached hydrogens (tertiary/aromatic N) is 1. The third-order valence-corrected chi connectivity index (χ3v) is 4.86. The topological polar surface area (TPSA) is 32.3 Å². The molecule has 0 aromatic carbocycles. The van der Waals surface area contributed by atoms with Crippen LogP contribution < -0.4 is 5.32 Å². The van der Waals surface area contributed by atoms with Crippen molar-refractivity contribution in [3.63, 3.8) is 0 Å². The third-order valence-electron chi connectivity index (χ3n) is 4.86. The predicted molar refractivity (Wildman–Crippen MR) is 88.1 cm³/mol. The molecule has 1 saturated carbocycles. The molecule has 1 heterocycles. The highest BCUT2D eigenvalue weighted by molar-refractivity contribution is 5.78. The van der Waals surface area contributed by atoms with E-state index in [9.17, 15) is 4.79 Å². The van der Waals surface area contributed by atoms with Gasteiger partial charge in [-0.15, -0.1) is 0 Å². The van der Waals surface area contributed by atoms with E-state index in [0.29, 0.717) is 17.9 Å². The van der Waals surface area contributed by atoms with Gasteiger partial charge in [0.2, 0.25) is 5.91 Å². The predicted octanol–water partition coefficient (Wildman–Crippen LogP) is 3.30. The van der Waals surface area contributed by atoms with E-state index in [2.05, 4.69) is 24.1 Å². The van der Waals surface area contributed by atoms with E-state index in [1.807, 2.05) is 13.8 Å². The van der Waals surface area contributed by atoms with E-state index in [-0.39, 0.29) is 5.92 Å². The van der Waals surface area contributed by atoms with Crippen LogP contribution in [0.25, 0.3) is 0 Å². The first-order chi connectivity index (χ1) is 9.95. The standard InChI is InChI=1S/C18H34N2O/c1-13(2)7-8-19-17-10-16(9-15-5-6-15)11-20(12-17)18(21)14(3)4/h13-17,19H,5-12H2,1-4H3. The Labute approximate surface area is 130 Å². The molecule has 0 spiro atoms. The first-order valence-corrected chi connectivity index (χ1v) is 8.97. The number of rotatable bonds is 7. The van der Waals surface area contributed by atoms with Crippen molar-refractivity contribution < 1.29 is 4.79 Å². The quantitative estimate of drug-likeness (QED) is 0.781. The minimum absolute atomic E-state index is 0.126. The lowest BCUT2D eigenvalue weighted by Gasteiger charge is -2.39. The highest BCUT2D eigenvalue weighted by Crippen LogP contribution is 2.38. The van der Waals surface area contributed by atoms with Gasteiger partial charge in [0.05, 0.1) is 0 Å². The molecule has 2 atom stereocenters. The minimum atomic E-state index is 0.126. The molecule has 0 radical (unpaired) electrons. The van der Waals surface area contributed by atoms with Crippen molar-refractivity contribution >= 4 is 5.91 Å². The first kappa shape index (κ1) is 16.8. The Balaban J connectivity index is 1.87. The fourth-order valence-electron chi connectivity index (χ4n) is 3.47. The van der Waals surface area contributed by atoms with Gasteiger partial charge in [0.1, 0.15) is 0 Å². The molecule has 1 aliphatic heterocycles. The second-order valence-corrected chi connectivity index (χ2v) is 8.01. The van der Waals surface area contributed by atoms with Crippen LogP contribution in [0.4, 0.5) is 0 Å². The maximum absolute atomic E-state index is 12.4. The van der Waals surface area contributed by atoms with Gasteiger partial charge in [-0.3, -0.25) is 4.79 Å². The second kappa shape index (κ2) is 7.62. The Morgan fingerprint density at radius 3 is 2.43 bits per heavy atom. The van der Waals surface area contributed by atoms with Crippen LogP contribution in [0.15, 0.2) is 0 Å². The number of carbonyl (C=O) groups is 1. The van der Waals surface area contributed by atoms with Gasteiger partial charge in [0, 0.05) is 25.0 Å². The van der Waals surface area contributed by atoms with Crippen LogP contribution in [-0.4, -0.2) is 36.5 Å². The van der Waals surface area contributed by atoms with Gasteiger partial charge in [-0.1, -0.05) is 40.5 Å². The lowest BCUT2D eigenvalue weighted by atomic mass is 9.89. The van der Waals surface area contributed by atoms with Gasteiger partial charge in [-0.2, -0.15) is 0 Å². The van der Waals surface area contributed by atoms with E-state index in [0.717, 1.165) is 31.5 Å². The summed E-state index contributed by atoms with van der Waals surface area (Å²) in [6.45, 7) is 11.6. The fraction of sp³-hybridized carbons (Fsp3) is 0.944. The van der Waals surface area contributed by atoms with E-state index in [4.69, 9.17) is 0 Å². The van der Waals surface area contributed by atoms with Gasteiger partial charge >= 0.3 is 0 Å². The minimum Gasteiger partial charge on any atom is -0.341 e. The molecule has 1 amide bonds. The molecule has 0 aromatic heterocycles. The van der Waals surface area contributed by atoms with Crippen LogP contribution in [0, 0.1) is 23.7 Å². The molecule has 3 nitrogen and oxygen atoms in total. The smallest absolute Gasteiger partial charge is 0.225 e. The van der Waals surface area contributed by atoms with Gasteiger partial charge in [-0.25, -0.2) is 0 Å². The van der Waals surface area contributed by atoms with Crippen LogP contribution in [0.2, 0.25) is 0 Å². The molecular formula is C18H34N2O. The largest absolute Gasteiger partial charge is 0.341 e. The normalized spacial score (nSPS) is 26.7. The Bertz CT molecular complexity index is 336. The van der Waals surface area contributed by atoms with Gasteiger partial charge in [-0.05, 0) is 43.6 Å². The molecule has 2 rings (SSSR count). The summed E-state index contributed by atoms with van der Waals surface area (Å²) in [7, 11) is 0. The highest BCUT2D eigenvalue weighted by atomic mass is 16.2. The second-order valence-electron chi connectivity index (χ2n) is 8.01. The van der Waals surface area contributed by atoms with Crippen LogP contribution in [0.3, 0.4) is 0 Å². The summed E-state index contributed by atoms with van der Waals surface area (Å²) in [5.74, 6) is 2.88. The lowest BCUT2D eigenvalue weighted by Crippen LogP contribution is -2.52. The molecule has 1 saturated heterocycles. The Morgan fingerprint density at radius 2 is 1.86 bits per heavy atom. The number of likely N-dealkylation sites (tertiary alicyclic amines) is 1. The molecule has 0 aromatic rings. The zero-order chi connectivity index (χ0) is 15.4. The third kappa shape index (κ3) is 5.61. The number of hydrogen-bond donors (Lipinski definition) is 1. The van der Waals surface area contributed by atoms with Crippen molar-refractivity contribution in [3.8, 4) is 0 Å². The number of carbonyl (C=O) groups excluding carboxylic acids is 1. The van der Waals surface area contributed by atoms with Crippen LogP contribution >= 0.6 is 0 Å². The summed E-state index contributed by atoms with van der Waals surface area (Å²) in [5, 5.41) is 3.71. The van der Waals surface area contributed by atoms with Crippen LogP contribution in [0.5, 0.6) is 0 Å². The summed E-state index contributed by atoms with van der Waals surface area (Å²) in [5.41, 5.74) is 0. The van der Waals surface area contributed by atoms with Crippen molar-refractivity contribution in [1.29, 1.82) is 0 Å². The summed E-state index contributed by atoms with van der Waals surface area (Å²) >= 11 is 0. The van der Waals surface area contributed by atoms with Crippen molar-refractivity contribution in [1.82, 2.24) is 10.2 Å². The number of amides is 1. The van der Waals surface area contributed by atoms with E-state index in [1.165, 1.54) is 32.1 Å². The maximum atomic E-state index is 12.4. The van der Waals surface area contributed by atoms with Crippen molar-refractivity contribution in [2.24, 2.45) is 23.7 Å². The average molecular weight is 294 g/mol. The van der Waals surface area contributed by atoms with Crippen molar-refractivity contribution in [2.75, 3.05) is 19.6 Å². The molecule has 2 unspecified atom stereocenters. The molecule has 0 bridgehead atoms. The molecule has 2 aliphatic rings. The molecule has 2 fully saturated rings. The van der Waals surface area contributed by atoms with Gasteiger partial charge < -0.3 is 10.2 Å². The van der Waals surface area contributed by atoms with Gasteiger partial charge in [0.25, 0.3) is 0 Å². The zero-order valence-corrected chi connectivity index (χ0v) is 14.4. The summed E-state index contributed by atoms with van der Waals surface area (Å²) in [6, 6.07) is 0.504. The van der Waals surface area contributed by atoms with Crippen molar-refractivity contribution in [3.05, 3.63) is 0 Å². The molecule has 122 valence electrons. The van der Waals surface area contributed by atoms with Gasteiger partial charge in [0.15, 0.2) is 0 Å². The van der Waals surface area contributed by atoms with Crippen LogP contribution in [-0.2, 0) is 4.79 Å². The fourth-order valence-corrected chi connectivity index (χ4v) is 3.47. The monoisotopic (exact) mass is 294 g/mol. The highest BCUT2D eigenvalue weighted by Gasteiger charge is 2.34. The number of piperidine rings is 1. The summed E-state index contributed by atoms with van der Waals surface area (Å²) in [6.07, 6.45) is 6.66. The molecule has 3 heteroatoms. The first-order valence-electron chi connectivity index (χ1n) is 8.97. The molecular weight excluding hydrogens is 260 g/mol. The Kier molecular flexibility index (Phi) is 6.09. The van der Waals surface area contributed by atoms with Crippen molar-refractivity contribution in [2.45, 2.75) is 65.8 Å². The number of hydrogen-bond acceptors (Lipinski definition) is 2. The van der Waals surface area contributed by atoms with E-state index in [1.54, 1.807) is 0 Å². The average Bonchev–Trinajstić information content (AvgIpc) is 3.21. The zero-order valence-electron chi connectivity index (χ0n) is 14.4. The Hall–Kier alpha value is -0.570. The van der Waals surface area contributed by atoms with E-state index >= 15 is 0 Å². The SMILES string of the molecule is CC(C)CCNC1CC(CC2CC2)CN(C(=O)C(C)C)C1. The number of nitrogens with one attached hydrogen (secondary N) is 1. The maximum Gasteiger partial charge on any atom is 0.225 e. The summed E-state index contributed by atoms with van der Waals surface area (Å²) < 4.78 is 0. The van der Waals surface area contributed by atoms with E-state index < -0.39 is 0 Å². The molecule has 21 heavy (non-hydrogen) atoms.